The number of aliphatic hydroxyl groups excluding tert-OH is 2. The number of unbranched alkanes of at least 4 members (excludes halogenated alkanes) is 50. The van der Waals surface area contributed by atoms with E-state index in [0.29, 0.717) is 6.42 Å². The van der Waals surface area contributed by atoms with Crippen LogP contribution in [0.4, 0.5) is 0 Å². The van der Waals surface area contributed by atoms with E-state index in [9.17, 15) is 15.0 Å². The highest BCUT2D eigenvalue weighted by molar-refractivity contribution is 5.76. The molecule has 0 rings (SSSR count). The Labute approximate surface area is 501 Å². The lowest BCUT2D eigenvalue weighted by Gasteiger charge is -2.20. The van der Waals surface area contributed by atoms with Crippen LogP contribution in [0.3, 0.4) is 0 Å². The summed E-state index contributed by atoms with van der Waals surface area (Å²) >= 11 is 0. The third-order valence-corrected chi connectivity index (χ3v) is 16.7. The van der Waals surface area contributed by atoms with Gasteiger partial charge in [0.2, 0.25) is 5.91 Å². The third-order valence-electron chi connectivity index (χ3n) is 16.7. The fourth-order valence-corrected chi connectivity index (χ4v) is 11.3. The maximum Gasteiger partial charge on any atom is 0.220 e. The Kier molecular flexibility index (Phi) is 69.2. The molecular formula is C76H141NO3. The third kappa shape index (κ3) is 66.6. The van der Waals surface area contributed by atoms with Gasteiger partial charge in [0.05, 0.1) is 18.8 Å². The summed E-state index contributed by atoms with van der Waals surface area (Å²) in [7, 11) is 0. The first-order valence-corrected chi connectivity index (χ1v) is 36.2. The van der Waals surface area contributed by atoms with Crippen molar-refractivity contribution in [1.29, 1.82) is 0 Å². The first-order valence-electron chi connectivity index (χ1n) is 36.2. The Hall–Kier alpha value is -2.17. The van der Waals surface area contributed by atoms with Crippen molar-refractivity contribution in [2.75, 3.05) is 6.61 Å². The minimum Gasteiger partial charge on any atom is -0.394 e. The summed E-state index contributed by atoms with van der Waals surface area (Å²) in [6, 6.07) is -0.625. The first kappa shape index (κ1) is 77.8. The molecule has 0 saturated heterocycles. The van der Waals surface area contributed by atoms with Gasteiger partial charge in [-0.25, -0.2) is 0 Å². The zero-order chi connectivity index (χ0) is 57.6. The molecule has 0 saturated carbocycles. The number of allylic oxidation sites excluding steroid dienone is 11. The van der Waals surface area contributed by atoms with Crippen molar-refractivity contribution in [1.82, 2.24) is 5.32 Å². The molecule has 0 fully saturated rings. The number of rotatable bonds is 67. The van der Waals surface area contributed by atoms with Crippen molar-refractivity contribution in [3.63, 3.8) is 0 Å². The van der Waals surface area contributed by atoms with Gasteiger partial charge in [-0.3, -0.25) is 4.79 Å². The van der Waals surface area contributed by atoms with Crippen LogP contribution < -0.4 is 5.32 Å². The zero-order valence-corrected chi connectivity index (χ0v) is 54.1. The van der Waals surface area contributed by atoms with Gasteiger partial charge in [-0.15, -0.1) is 0 Å². The Bertz CT molecular complexity index is 1360. The largest absolute Gasteiger partial charge is 0.394 e. The second-order valence-corrected chi connectivity index (χ2v) is 24.6. The van der Waals surface area contributed by atoms with Crippen LogP contribution in [0.25, 0.3) is 0 Å². The van der Waals surface area contributed by atoms with E-state index in [1.54, 1.807) is 6.08 Å². The van der Waals surface area contributed by atoms with Gasteiger partial charge in [0.15, 0.2) is 0 Å². The molecular weight excluding hydrogens is 975 g/mol. The van der Waals surface area contributed by atoms with E-state index >= 15 is 0 Å². The SMILES string of the molecule is CC/C=C\C/C=C\C/C=C\C/C=C\C/C=C\CCCCCCCCCCCCCCCCCCCCCCCC(=O)NC(CO)C(O)/C=C/CCCCCCCCCCCCCCCCCCCCCCCCCCCCCCC. The van der Waals surface area contributed by atoms with E-state index in [4.69, 9.17) is 0 Å². The molecule has 80 heavy (non-hydrogen) atoms. The molecule has 0 aromatic rings. The lowest BCUT2D eigenvalue weighted by molar-refractivity contribution is -0.123. The number of amides is 1. The van der Waals surface area contributed by atoms with Crippen LogP contribution >= 0.6 is 0 Å². The van der Waals surface area contributed by atoms with Gasteiger partial charge in [0.1, 0.15) is 0 Å². The topological polar surface area (TPSA) is 69.6 Å². The summed E-state index contributed by atoms with van der Waals surface area (Å²) < 4.78 is 0. The highest BCUT2D eigenvalue weighted by atomic mass is 16.3. The average molecular weight is 1120 g/mol. The molecule has 2 unspecified atom stereocenters. The van der Waals surface area contributed by atoms with Crippen molar-refractivity contribution in [2.45, 2.75) is 398 Å². The first-order chi connectivity index (χ1) is 39.7. The van der Waals surface area contributed by atoms with E-state index in [-0.39, 0.29) is 12.5 Å². The maximum atomic E-state index is 12.6. The number of hydrogen-bond donors (Lipinski definition) is 3. The molecule has 0 spiro atoms. The minimum atomic E-state index is -0.842. The predicted molar refractivity (Wildman–Crippen MR) is 359 cm³/mol. The predicted octanol–water partition coefficient (Wildman–Crippen LogP) is 24.8. The van der Waals surface area contributed by atoms with E-state index in [2.05, 4.69) is 79.9 Å². The fraction of sp³-hybridized carbons (Fsp3) is 0.829. The van der Waals surface area contributed by atoms with Crippen LogP contribution in [0.1, 0.15) is 386 Å². The molecule has 0 aliphatic carbocycles. The van der Waals surface area contributed by atoms with Crippen LogP contribution in [0.5, 0.6) is 0 Å². The van der Waals surface area contributed by atoms with Gasteiger partial charge in [-0.2, -0.15) is 0 Å². The molecule has 0 aliphatic rings. The monoisotopic (exact) mass is 1120 g/mol. The highest BCUT2D eigenvalue weighted by Gasteiger charge is 2.18. The standard InChI is InChI=1S/C76H141NO3/c1-3-5-7-9-11-13-15-17-19-21-23-25-27-29-31-33-35-36-37-38-39-40-42-44-46-48-50-52-54-56-58-60-62-64-66-68-70-72-76(80)77-74(73-78)75(79)71-69-67-65-63-61-59-57-55-53-51-49-47-45-43-41-34-32-30-28-26-24-22-20-18-16-14-12-10-8-6-4-2/h5,7,11,13,17,19,23,25,29,31,69,71,74-75,78-79H,3-4,6,8-10,12,14-16,18,20-22,24,26-28,30,32-68,70,72-73H2,1-2H3,(H,77,80)/b7-5-,13-11-,19-17-,25-23-,31-29-,71-69+. The average Bonchev–Trinajstić information content (AvgIpc) is 3.46. The van der Waals surface area contributed by atoms with Crippen LogP contribution in [0.2, 0.25) is 0 Å². The van der Waals surface area contributed by atoms with Crippen LogP contribution in [-0.4, -0.2) is 34.9 Å². The van der Waals surface area contributed by atoms with Gasteiger partial charge < -0.3 is 15.5 Å². The molecule has 2 atom stereocenters. The number of aliphatic hydroxyl groups is 2. The number of carbonyl (C=O) groups excluding carboxylic acids is 1. The summed E-state index contributed by atoms with van der Waals surface area (Å²) in [6.45, 7) is 4.24. The van der Waals surface area contributed by atoms with Crippen molar-refractivity contribution >= 4 is 5.91 Å². The van der Waals surface area contributed by atoms with Crippen molar-refractivity contribution < 1.29 is 15.0 Å². The summed E-state index contributed by atoms with van der Waals surface area (Å²) in [5.41, 5.74) is 0. The Balaban J connectivity index is 3.43. The molecule has 0 bridgehead atoms. The normalized spacial score (nSPS) is 13.1. The zero-order valence-electron chi connectivity index (χ0n) is 54.1. The van der Waals surface area contributed by atoms with Crippen LogP contribution in [0.15, 0.2) is 72.9 Å². The summed E-state index contributed by atoms with van der Waals surface area (Å²) in [4.78, 5) is 12.6. The minimum absolute atomic E-state index is 0.0575. The molecule has 4 nitrogen and oxygen atoms in total. The molecule has 468 valence electrons. The Morgan fingerprint density at radius 2 is 0.550 bits per heavy atom. The molecule has 0 aromatic carbocycles. The van der Waals surface area contributed by atoms with E-state index in [0.717, 1.165) is 57.8 Å². The van der Waals surface area contributed by atoms with Crippen molar-refractivity contribution in [3.05, 3.63) is 72.9 Å². The second-order valence-electron chi connectivity index (χ2n) is 24.6. The number of carbonyl (C=O) groups is 1. The van der Waals surface area contributed by atoms with Gasteiger partial charge in [-0.05, 0) is 64.2 Å². The lowest BCUT2D eigenvalue weighted by Crippen LogP contribution is -2.45. The highest BCUT2D eigenvalue weighted by Crippen LogP contribution is 2.19. The molecule has 3 N–H and O–H groups in total. The van der Waals surface area contributed by atoms with Gasteiger partial charge in [0.25, 0.3) is 0 Å². The smallest absolute Gasteiger partial charge is 0.220 e. The Morgan fingerprint density at radius 1 is 0.312 bits per heavy atom. The Morgan fingerprint density at radius 3 is 0.825 bits per heavy atom. The van der Waals surface area contributed by atoms with Crippen LogP contribution in [-0.2, 0) is 4.79 Å². The summed E-state index contributed by atoms with van der Waals surface area (Å²) in [5.74, 6) is -0.0575. The van der Waals surface area contributed by atoms with Gasteiger partial charge in [0, 0.05) is 6.42 Å². The summed E-state index contributed by atoms with van der Waals surface area (Å²) in [5, 5.41) is 23.3. The van der Waals surface area contributed by atoms with E-state index in [1.165, 1.54) is 308 Å². The molecule has 0 radical (unpaired) electrons. The molecule has 0 aromatic heterocycles. The van der Waals surface area contributed by atoms with Crippen LogP contribution in [0, 0.1) is 0 Å². The second kappa shape index (κ2) is 71.1. The van der Waals surface area contributed by atoms with Gasteiger partial charge >= 0.3 is 0 Å². The molecule has 4 heteroatoms. The van der Waals surface area contributed by atoms with Crippen molar-refractivity contribution in [2.24, 2.45) is 0 Å². The molecule has 1 amide bonds. The van der Waals surface area contributed by atoms with E-state index < -0.39 is 12.1 Å². The maximum absolute atomic E-state index is 12.6. The quantitative estimate of drug-likeness (QED) is 0.0420. The van der Waals surface area contributed by atoms with Crippen molar-refractivity contribution in [3.8, 4) is 0 Å². The summed E-state index contributed by atoms with van der Waals surface area (Å²) in [6.07, 6.45) is 103. The molecule has 0 heterocycles. The number of nitrogens with one attached hydrogen (secondary N) is 1. The number of hydrogen-bond acceptors (Lipinski definition) is 3. The van der Waals surface area contributed by atoms with Gasteiger partial charge in [-0.1, -0.05) is 389 Å². The molecule has 0 aliphatic heterocycles. The van der Waals surface area contributed by atoms with E-state index in [1.807, 2.05) is 6.08 Å². The fourth-order valence-electron chi connectivity index (χ4n) is 11.3. The lowest BCUT2D eigenvalue weighted by atomic mass is 10.0.